The first-order valence-corrected chi connectivity index (χ1v) is 4.38. The van der Waals surface area contributed by atoms with Gasteiger partial charge in [-0.15, -0.1) is 0 Å². The standard InChI is InChI=1S/C10H18/c1-8(2)10-7-5-4-6-9(10)3/h5,7-10H,4,6H2,1-3H3/t9-,10+/m0/s1. The van der Waals surface area contributed by atoms with Crippen LogP contribution in [0, 0.1) is 17.8 Å². The van der Waals surface area contributed by atoms with E-state index < -0.39 is 0 Å². The fraction of sp³-hybridized carbons (Fsp3) is 0.800. The minimum absolute atomic E-state index is 0.826. The lowest BCUT2D eigenvalue weighted by molar-refractivity contribution is 0.306. The largest absolute Gasteiger partial charge is 0.0882 e. The minimum atomic E-state index is 0.826. The summed E-state index contributed by atoms with van der Waals surface area (Å²) in [6.07, 6.45) is 7.42. The fourth-order valence-electron chi connectivity index (χ4n) is 1.87. The van der Waals surface area contributed by atoms with Gasteiger partial charge >= 0.3 is 0 Å². The second-order valence-electron chi connectivity index (χ2n) is 3.80. The van der Waals surface area contributed by atoms with Gasteiger partial charge in [0.1, 0.15) is 0 Å². The first-order chi connectivity index (χ1) is 4.72. The molecule has 0 nitrogen and oxygen atoms in total. The van der Waals surface area contributed by atoms with Crippen LogP contribution in [0.4, 0.5) is 0 Å². The highest BCUT2D eigenvalue weighted by molar-refractivity contribution is 4.96. The van der Waals surface area contributed by atoms with Crippen LogP contribution in [0.5, 0.6) is 0 Å². The minimum Gasteiger partial charge on any atom is -0.0882 e. The lowest BCUT2D eigenvalue weighted by Gasteiger charge is -2.27. The highest BCUT2D eigenvalue weighted by Gasteiger charge is 2.19. The highest BCUT2D eigenvalue weighted by atomic mass is 14.2. The normalized spacial score (nSPS) is 33.2. The van der Waals surface area contributed by atoms with Gasteiger partial charge in [0, 0.05) is 0 Å². The quantitative estimate of drug-likeness (QED) is 0.488. The summed E-state index contributed by atoms with van der Waals surface area (Å²) in [4.78, 5) is 0. The molecule has 1 aliphatic carbocycles. The van der Waals surface area contributed by atoms with Crippen molar-refractivity contribution in [1.29, 1.82) is 0 Å². The van der Waals surface area contributed by atoms with E-state index in [4.69, 9.17) is 0 Å². The Morgan fingerprint density at radius 2 is 2.10 bits per heavy atom. The van der Waals surface area contributed by atoms with Crippen molar-refractivity contribution in [2.45, 2.75) is 33.6 Å². The predicted octanol–water partition coefficient (Wildman–Crippen LogP) is 3.24. The van der Waals surface area contributed by atoms with Crippen LogP contribution in [-0.4, -0.2) is 0 Å². The number of hydrogen-bond acceptors (Lipinski definition) is 0. The molecule has 0 aromatic carbocycles. The van der Waals surface area contributed by atoms with Crippen LogP contribution >= 0.6 is 0 Å². The van der Waals surface area contributed by atoms with Crippen molar-refractivity contribution < 1.29 is 0 Å². The molecule has 0 fully saturated rings. The van der Waals surface area contributed by atoms with Gasteiger partial charge in [-0.05, 0) is 30.6 Å². The Bertz CT molecular complexity index is 122. The highest BCUT2D eigenvalue weighted by Crippen LogP contribution is 2.29. The van der Waals surface area contributed by atoms with Crippen molar-refractivity contribution in [1.82, 2.24) is 0 Å². The summed E-state index contributed by atoms with van der Waals surface area (Å²) in [5.41, 5.74) is 0. The molecule has 1 aliphatic rings. The van der Waals surface area contributed by atoms with Crippen LogP contribution < -0.4 is 0 Å². The van der Waals surface area contributed by atoms with E-state index in [2.05, 4.69) is 32.9 Å². The summed E-state index contributed by atoms with van der Waals surface area (Å²) in [5.74, 6) is 2.57. The zero-order chi connectivity index (χ0) is 7.56. The van der Waals surface area contributed by atoms with Gasteiger partial charge in [-0.2, -0.15) is 0 Å². The molecular weight excluding hydrogens is 120 g/mol. The third kappa shape index (κ3) is 1.62. The average molecular weight is 138 g/mol. The number of hydrogen-bond donors (Lipinski definition) is 0. The number of rotatable bonds is 1. The van der Waals surface area contributed by atoms with E-state index in [-0.39, 0.29) is 0 Å². The van der Waals surface area contributed by atoms with Crippen molar-refractivity contribution in [2.75, 3.05) is 0 Å². The molecule has 2 atom stereocenters. The van der Waals surface area contributed by atoms with E-state index in [9.17, 15) is 0 Å². The first kappa shape index (κ1) is 7.84. The zero-order valence-electron chi connectivity index (χ0n) is 7.30. The van der Waals surface area contributed by atoms with E-state index in [1.54, 1.807) is 0 Å². The summed E-state index contributed by atoms with van der Waals surface area (Å²) in [5, 5.41) is 0. The predicted molar refractivity (Wildman–Crippen MR) is 45.9 cm³/mol. The van der Waals surface area contributed by atoms with Crippen LogP contribution in [0.25, 0.3) is 0 Å². The molecule has 0 aromatic rings. The molecule has 0 unspecified atom stereocenters. The third-order valence-electron chi connectivity index (χ3n) is 2.57. The van der Waals surface area contributed by atoms with E-state index in [1.807, 2.05) is 0 Å². The van der Waals surface area contributed by atoms with Gasteiger partial charge in [-0.3, -0.25) is 0 Å². The van der Waals surface area contributed by atoms with Crippen molar-refractivity contribution >= 4 is 0 Å². The summed E-state index contributed by atoms with van der Waals surface area (Å²) < 4.78 is 0. The summed E-state index contributed by atoms with van der Waals surface area (Å²) in [7, 11) is 0. The topological polar surface area (TPSA) is 0 Å². The Morgan fingerprint density at radius 3 is 2.50 bits per heavy atom. The van der Waals surface area contributed by atoms with Gasteiger partial charge < -0.3 is 0 Å². The second-order valence-corrected chi connectivity index (χ2v) is 3.80. The molecule has 1 rings (SSSR count). The summed E-state index contributed by atoms with van der Waals surface area (Å²) >= 11 is 0. The van der Waals surface area contributed by atoms with Gasteiger partial charge in [0.25, 0.3) is 0 Å². The zero-order valence-corrected chi connectivity index (χ0v) is 7.30. The number of allylic oxidation sites excluding steroid dienone is 2. The van der Waals surface area contributed by atoms with Crippen molar-refractivity contribution in [2.24, 2.45) is 17.8 Å². The van der Waals surface area contributed by atoms with E-state index >= 15 is 0 Å². The van der Waals surface area contributed by atoms with Gasteiger partial charge in [0.15, 0.2) is 0 Å². The summed E-state index contributed by atoms with van der Waals surface area (Å²) in [6.45, 7) is 7.00. The van der Waals surface area contributed by atoms with Gasteiger partial charge in [-0.1, -0.05) is 32.9 Å². The molecule has 58 valence electrons. The maximum absolute atomic E-state index is 2.40. The van der Waals surface area contributed by atoms with Crippen molar-refractivity contribution in [3.8, 4) is 0 Å². The van der Waals surface area contributed by atoms with Crippen LogP contribution in [0.1, 0.15) is 33.6 Å². The monoisotopic (exact) mass is 138 g/mol. The second kappa shape index (κ2) is 3.23. The van der Waals surface area contributed by atoms with Crippen LogP contribution in [0.2, 0.25) is 0 Å². The first-order valence-electron chi connectivity index (χ1n) is 4.38. The summed E-state index contributed by atoms with van der Waals surface area (Å²) in [6, 6.07) is 0. The smallest absolute Gasteiger partial charge is 0.0185 e. The van der Waals surface area contributed by atoms with E-state index in [0.29, 0.717) is 0 Å². The Morgan fingerprint density at radius 1 is 1.40 bits per heavy atom. The molecule has 10 heavy (non-hydrogen) atoms. The Labute approximate surface area is 64.3 Å². The average Bonchev–Trinajstić information content (AvgIpc) is 1.88. The van der Waals surface area contributed by atoms with Gasteiger partial charge in [0.2, 0.25) is 0 Å². The maximum Gasteiger partial charge on any atom is -0.0185 e. The molecule has 0 saturated carbocycles. The molecule has 0 heteroatoms. The molecule has 0 saturated heterocycles. The Hall–Kier alpha value is -0.260. The molecular formula is C10H18. The Kier molecular flexibility index (Phi) is 2.53. The van der Waals surface area contributed by atoms with Gasteiger partial charge in [0.05, 0.1) is 0 Å². The van der Waals surface area contributed by atoms with Gasteiger partial charge in [-0.25, -0.2) is 0 Å². The molecule has 0 spiro atoms. The van der Waals surface area contributed by atoms with E-state index in [1.165, 1.54) is 12.8 Å². The molecule has 0 radical (unpaired) electrons. The van der Waals surface area contributed by atoms with Crippen molar-refractivity contribution in [3.63, 3.8) is 0 Å². The molecule has 0 N–H and O–H groups in total. The maximum atomic E-state index is 2.40. The van der Waals surface area contributed by atoms with Crippen LogP contribution in [-0.2, 0) is 0 Å². The fourth-order valence-corrected chi connectivity index (χ4v) is 1.87. The lowest BCUT2D eigenvalue weighted by Crippen LogP contribution is -2.17. The van der Waals surface area contributed by atoms with Crippen molar-refractivity contribution in [3.05, 3.63) is 12.2 Å². The molecule has 0 bridgehead atoms. The van der Waals surface area contributed by atoms with Crippen LogP contribution in [0.3, 0.4) is 0 Å². The molecule has 0 heterocycles. The molecule has 0 amide bonds. The molecule has 0 aromatic heterocycles. The molecule has 0 aliphatic heterocycles. The Balaban J connectivity index is 2.55. The SMILES string of the molecule is CC(C)[C@H]1C=CCC[C@@H]1C. The van der Waals surface area contributed by atoms with E-state index in [0.717, 1.165) is 17.8 Å². The third-order valence-corrected chi connectivity index (χ3v) is 2.57. The van der Waals surface area contributed by atoms with Crippen LogP contribution in [0.15, 0.2) is 12.2 Å². The lowest BCUT2D eigenvalue weighted by atomic mass is 9.79.